The number of likely N-dealkylation sites (tertiary alicyclic amines) is 1. The van der Waals surface area contributed by atoms with Crippen LogP contribution in [-0.2, 0) is 9.53 Å². The molecule has 1 unspecified atom stereocenters. The number of hydrogen-bond acceptors (Lipinski definition) is 7. The highest BCUT2D eigenvalue weighted by Gasteiger charge is 2.34. The summed E-state index contributed by atoms with van der Waals surface area (Å²) in [5, 5.41) is 6.38. The number of aromatic nitrogens is 3. The van der Waals surface area contributed by atoms with Gasteiger partial charge in [-0.25, -0.2) is 9.97 Å². The lowest BCUT2D eigenvalue weighted by Gasteiger charge is -2.32. The zero-order valence-corrected chi connectivity index (χ0v) is 19.9. The number of ether oxygens (including phenoxy) is 1. The van der Waals surface area contributed by atoms with Crippen molar-refractivity contribution >= 4 is 29.1 Å². The van der Waals surface area contributed by atoms with Crippen LogP contribution in [0.2, 0.25) is 5.02 Å². The van der Waals surface area contributed by atoms with Crippen LogP contribution < -0.4 is 10.6 Å². The van der Waals surface area contributed by atoms with E-state index >= 15 is 0 Å². The quantitative estimate of drug-likeness (QED) is 0.573. The van der Waals surface area contributed by atoms with Crippen LogP contribution in [0.25, 0.3) is 11.3 Å². The predicted molar refractivity (Wildman–Crippen MR) is 126 cm³/mol. The van der Waals surface area contributed by atoms with Crippen molar-refractivity contribution in [2.45, 2.75) is 31.9 Å². The number of rotatable bonds is 7. The number of carbonyl (C=O) groups excluding carboxylic acids is 1. The highest BCUT2D eigenvalue weighted by Crippen LogP contribution is 2.29. The summed E-state index contributed by atoms with van der Waals surface area (Å²) >= 11 is 6.36. The fraction of sp³-hybridized carbons (Fsp3) is 0.565. The number of nitrogens with zero attached hydrogens (tertiary/aromatic N) is 4. The Morgan fingerprint density at radius 1 is 1.17 bits per heavy atom. The van der Waals surface area contributed by atoms with Gasteiger partial charge in [-0.1, -0.05) is 11.6 Å². The predicted octanol–water partition coefficient (Wildman–Crippen LogP) is 4.24. The van der Waals surface area contributed by atoms with Crippen molar-refractivity contribution in [3.8, 4) is 11.3 Å². The highest BCUT2D eigenvalue weighted by atomic mass is 35.5. The Bertz CT molecular complexity index is 1020. The number of alkyl halides is 3. The van der Waals surface area contributed by atoms with Crippen molar-refractivity contribution < 1.29 is 22.7 Å². The molecule has 1 atom stereocenters. The molecule has 4 heterocycles. The Morgan fingerprint density at radius 3 is 2.74 bits per heavy atom. The number of carbonyl (C=O) groups is 1. The summed E-state index contributed by atoms with van der Waals surface area (Å²) in [6.45, 7) is 1.65. The van der Waals surface area contributed by atoms with Crippen LogP contribution in [0.5, 0.6) is 0 Å². The smallest absolute Gasteiger partial charge is 0.381 e. The molecule has 2 aromatic heterocycles. The van der Waals surface area contributed by atoms with E-state index in [9.17, 15) is 18.0 Å². The molecule has 0 aliphatic carbocycles. The average molecular weight is 513 g/mol. The Morgan fingerprint density at radius 2 is 1.97 bits per heavy atom. The third-order valence-electron chi connectivity index (χ3n) is 6.21. The van der Waals surface area contributed by atoms with Gasteiger partial charge in [0.05, 0.1) is 35.6 Å². The molecule has 2 aliphatic rings. The summed E-state index contributed by atoms with van der Waals surface area (Å²) in [7, 11) is 0. The molecule has 1 amide bonds. The monoisotopic (exact) mass is 512 g/mol. The molecule has 0 aromatic carbocycles. The van der Waals surface area contributed by atoms with E-state index in [2.05, 4.69) is 25.6 Å². The molecule has 2 N–H and O–H groups in total. The van der Waals surface area contributed by atoms with E-state index in [4.69, 9.17) is 16.3 Å². The molecule has 190 valence electrons. The lowest BCUT2D eigenvalue weighted by atomic mass is 9.97. The lowest BCUT2D eigenvalue weighted by molar-refractivity contribution is -0.151. The number of nitrogens with one attached hydrogen (secondary N) is 2. The molecular formula is C23H28ClF3N6O2. The van der Waals surface area contributed by atoms with Crippen molar-refractivity contribution in [3.63, 3.8) is 0 Å². The van der Waals surface area contributed by atoms with Crippen LogP contribution in [0.3, 0.4) is 0 Å². The van der Waals surface area contributed by atoms with E-state index in [1.165, 1.54) is 11.1 Å². The number of halogens is 4. The highest BCUT2D eigenvalue weighted by molar-refractivity contribution is 6.33. The Hall–Kier alpha value is -2.50. The second kappa shape index (κ2) is 11.5. The van der Waals surface area contributed by atoms with Gasteiger partial charge in [-0.3, -0.25) is 14.7 Å². The molecule has 4 rings (SSSR count). The van der Waals surface area contributed by atoms with Crippen LogP contribution in [0.15, 0.2) is 24.7 Å². The summed E-state index contributed by atoms with van der Waals surface area (Å²) in [5.41, 5.74) is 1.06. The SMILES string of the molecule is O=C(Nc1cc(-c2cncc(NCC3CCOCC3)n2)c(Cl)cn1)C1CCCN(CC(F)(F)F)C1. The van der Waals surface area contributed by atoms with Crippen LogP contribution in [0.4, 0.5) is 24.8 Å². The van der Waals surface area contributed by atoms with Crippen molar-refractivity contribution in [2.75, 3.05) is 50.0 Å². The summed E-state index contributed by atoms with van der Waals surface area (Å²) in [6.07, 6.45) is 3.36. The number of pyridine rings is 1. The third-order valence-corrected chi connectivity index (χ3v) is 6.51. The van der Waals surface area contributed by atoms with Gasteiger partial charge in [0.1, 0.15) is 11.6 Å². The fourth-order valence-corrected chi connectivity index (χ4v) is 4.58. The molecule has 2 aliphatic heterocycles. The Kier molecular flexibility index (Phi) is 8.40. The minimum Gasteiger partial charge on any atom is -0.381 e. The van der Waals surface area contributed by atoms with E-state index < -0.39 is 18.6 Å². The van der Waals surface area contributed by atoms with Crippen molar-refractivity contribution in [2.24, 2.45) is 11.8 Å². The van der Waals surface area contributed by atoms with Gasteiger partial charge in [0, 0.05) is 38.1 Å². The van der Waals surface area contributed by atoms with E-state index in [1.807, 2.05) is 0 Å². The fourth-order valence-electron chi connectivity index (χ4n) is 4.38. The van der Waals surface area contributed by atoms with Crippen LogP contribution in [-0.4, -0.2) is 71.3 Å². The molecule has 12 heteroatoms. The normalized spacial score (nSPS) is 19.9. The third kappa shape index (κ3) is 7.49. The summed E-state index contributed by atoms with van der Waals surface area (Å²) in [5.74, 6) is 0.455. The maximum Gasteiger partial charge on any atom is 0.401 e. The molecule has 0 bridgehead atoms. The van der Waals surface area contributed by atoms with Crippen LogP contribution >= 0.6 is 11.6 Å². The van der Waals surface area contributed by atoms with Crippen molar-refractivity contribution in [1.82, 2.24) is 19.9 Å². The van der Waals surface area contributed by atoms with Gasteiger partial charge in [0.15, 0.2) is 0 Å². The molecule has 2 fully saturated rings. The molecule has 35 heavy (non-hydrogen) atoms. The minimum atomic E-state index is -4.29. The number of hydrogen-bond donors (Lipinski definition) is 2. The first kappa shape index (κ1) is 25.6. The van der Waals surface area contributed by atoms with Gasteiger partial charge in [-0.15, -0.1) is 0 Å². The first-order valence-corrected chi connectivity index (χ1v) is 12.0. The maximum atomic E-state index is 12.8. The standard InChI is InChI=1S/C23H28ClF3N6O2/c24-18-10-30-20(32-22(34)16-2-1-5-33(13-16)14-23(25,26)27)8-17(18)19-11-28-12-21(31-19)29-9-15-3-6-35-7-4-15/h8,10-12,15-16H,1-7,9,13-14H2,(H,29,31)(H,30,32,34). The van der Waals surface area contributed by atoms with E-state index in [0.29, 0.717) is 47.4 Å². The Labute approximate surface area is 206 Å². The van der Waals surface area contributed by atoms with E-state index in [-0.39, 0.29) is 18.3 Å². The second-order valence-electron chi connectivity index (χ2n) is 8.95. The zero-order chi connectivity index (χ0) is 24.8. The van der Waals surface area contributed by atoms with Crippen LogP contribution in [0.1, 0.15) is 25.7 Å². The average Bonchev–Trinajstić information content (AvgIpc) is 2.84. The topological polar surface area (TPSA) is 92.3 Å². The number of piperidine rings is 1. The molecule has 2 saturated heterocycles. The van der Waals surface area contributed by atoms with Crippen LogP contribution in [0, 0.1) is 11.8 Å². The molecule has 8 nitrogen and oxygen atoms in total. The van der Waals surface area contributed by atoms with Gasteiger partial charge in [0.2, 0.25) is 5.91 Å². The molecular weight excluding hydrogens is 485 g/mol. The first-order valence-electron chi connectivity index (χ1n) is 11.7. The van der Waals surface area contributed by atoms with Gasteiger partial charge < -0.3 is 15.4 Å². The van der Waals surface area contributed by atoms with Gasteiger partial charge in [-0.2, -0.15) is 13.2 Å². The van der Waals surface area contributed by atoms with Crippen molar-refractivity contribution in [3.05, 3.63) is 29.7 Å². The maximum absolute atomic E-state index is 12.8. The van der Waals surface area contributed by atoms with E-state index in [0.717, 1.165) is 32.6 Å². The molecule has 2 aromatic rings. The molecule has 0 saturated carbocycles. The van der Waals surface area contributed by atoms with Crippen molar-refractivity contribution in [1.29, 1.82) is 0 Å². The second-order valence-corrected chi connectivity index (χ2v) is 9.36. The summed E-state index contributed by atoms with van der Waals surface area (Å²) in [4.78, 5) is 27.0. The Balaban J connectivity index is 1.41. The summed E-state index contributed by atoms with van der Waals surface area (Å²) < 4.78 is 43.6. The zero-order valence-electron chi connectivity index (χ0n) is 19.2. The minimum absolute atomic E-state index is 0.0537. The largest absolute Gasteiger partial charge is 0.401 e. The van der Waals surface area contributed by atoms with Gasteiger partial charge >= 0.3 is 6.18 Å². The van der Waals surface area contributed by atoms with Gasteiger partial charge in [0.25, 0.3) is 0 Å². The van der Waals surface area contributed by atoms with E-state index in [1.54, 1.807) is 18.5 Å². The van der Waals surface area contributed by atoms with Gasteiger partial charge in [-0.05, 0) is 44.2 Å². The molecule has 0 spiro atoms. The lowest BCUT2D eigenvalue weighted by Crippen LogP contribution is -2.44. The first-order chi connectivity index (χ1) is 16.8. The summed E-state index contributed by atoms with van der Waals surface area (Å²) in [6, 6.07) is 1.60. The number of anilines is 2. The number of amides is 1. The molecule has 0 radical (unpaired) electrons.